The molecule has 0 spiro atoms. The van der Waals surface area contributed by atoms with Crippen LogP contribution in [0.3, 0.4) is 0 Å². The number of hydrogen-bond donors (Lipinski definition) is 0. The Balaban J connectivity index is 1.96. The first-order valence-electron chi connectivity index (χ1n) is 4.78. The second-order valence-electron chi connectivity index (χ2n) is 3.74. The van der Waals surface area contributed by atoms with E-state index in [1.807, 2.05) is 0 Å². The SMILES string of the molecule is CCC1C=CC(C2CC2)=CC1. The predicted molar refractivity (Wildman–Crippen MR) is 48.3 cm³/mol. The molecule has 2 aliphatic carbocycles. The van der Waals surface area contributed by atoms with E-state index in [1.165, 1.54) is 25.7 Å². The molecule has 1 saturated carbocycles. The van der Waals surface area contributed by atoms with Crippen LogP contribution in [-0.2, 0) is 0 Å². The highest BCUT2D eigenvalue weighted by atomic mass is 14.3. The van der Waals surface area contributed by atoms with Gasteiger partial charge >= 0.3 is 0 Å². The second kappa shape index (κ2) is 2.84. The minimum Gasteiger partial charge on any atom is -0.0808 e. The molecule has 0 heteroatoms. The molecule has 0 bridgehead atoms. The number of hydrogen-bond acceptors (Lipinski definition) is 0. The van der Waals surface area contributed by atoms with Crippen LogP contribution in [0.1, 0.15) is 32.6 Å². The zero-order valence-electron chi connectivity index (χ0n) is 7.22. The van der Waals surface area contributed by atoms with E-state index in [4.69, 9.17) is 0 Å². The van der Waals surface area contributed by atoms with Gasteiger partial charge in [0.05, 0.1) is 0 Å². The predicted octanol–water partition coefficient (Wildman–Crippen LogP) is 3.31. The van der Waals surface area contributed by atoms with Crippen molar-refractivity contribution in [1.29, 1.82) is 0 Å². The summed E-state index contributed by atoms with van der Waals surface area (Å²) in [6.07, 6.45) is 12.7. The molecule has 1 atom stereocenters. The van der Waals surface area contributed by atoms with Gasteiger partial charge < -0.3 is 0 Å². The van der Waals surface area contributed by atoms with Crippen LogP contribution < -0.4 is 0 Å². The van der Waals surface area contributed by atoms with Gasteiger partial charge in [0.1, 0.15) is 0 Å². The molecule has 2 rings (SSSR count). The van der Waals surface area contributed by atoms with Gasteiger partial charge in [-0.3, -0.25) is 0 Å². The van der Waals surface area contributed by atoms with Crippen LogP contribution in [0.5, 0.6) is 0 Å². The Morgan fingerprint density at radius 1 is 1.45 bits per heavy atom. The van der Waals surface area contributed by atoms with Crippen LogP contribution >= 0.6 is 0 Å². The summed E-state index contributed by atoms with van der Waals surface area (Å²) in [7, 11) is 0. The number of allylic oxidation sites excluding steroid dienone is 4. The molecule has 0 amide bonds. The minimum atomic E-state index is 0.831. The maximum Gasteiger partial charge on any atom is -0.0165 e. The highest BCUT2D eigenvalue weighted by Crippen LogP contribution is 2.39. The Morgan fingerprint density at radius 2 is 2.27 bits per heavy atom. The van der Waals surface area contributed by atoms with Crippen LogP contribution in [-0.4, -0.2) is 0 Å². The Labute approximate surface area is 69.0 Å². The summed E-state index contributed by atoms with van der Waals surface area (Å²) in [6.45, 7) is 2.27. The third-order valence-corrected chi connectivity index (χ3v) is 2.79. The molecule has 2 aliphatic rings. The summed E-state index contributed by atoms with van der Waals surface area (Å²) in [6, 6.07) is 0. The molecule has 0 nitrogen and oxygen atoms in total. The first-order chi connectivity index (χ1) is 5.40. The van der Waals surface area contributed by atoms with Crippen molar-refractivity contribution < 1.29 is 0 Å². The lowest BCUT2D eigenvalue weighted by Gasteiger charge is -2.13. The maximum atomic E-state index is 2.45. The van der Waals surface area contributed by atoms with Gasteiger partial charge in [-0.2, -0.15) is 0 Å². The summed E-state index contributed by atoms with van der Waals surface area (Å²) in [5, 5.41) is 0. The van der Waals surface area contributed by atoms with Crippen LogP contribution in [0.2, 0.25) is 0 Å². The van der Waals surface area contributed by atoms with Crippen LogP contribution in [0, 0.1) is 11.8 Å². The zero-order chi connectivity index (χ0) is 7.68. The summed E-state index contributed by atoms with van der Waals surface area (Å²) in [4.78, 5) is 0. The van der Waals surface area contributed by atoms with Crippen molar-refractivity contribution in [3.8, 4) is 0 Å². The zero-order valence-corrected chi connectivity index (χ0v) is 7.22. The van der Waals surface area contributed by atoms with Crippen molar-refractivity contribution in [1.82, 2.24) is 0 Å². The van der Waals surface area contributed by atoms with E-state index in [1.54, 1.807) is 5.57 Å². The molecule has 60 valence electrons. The minimum absolute atomic E-state index is 0.831. The van der Waals surface area contributed by atoms with Gasteiger partial charge in [-0.15, -0.1) is 0 Å². The van der Waals surface area contributed by atoms with Gasteiger partial charge in [-0.25, -0.2) is 0 Å². The lowest BCUT2D eigenvalue weighted by atomic mass is 9.93. The van der Waals surface area contributed by atoms with Gasteiger partial charge in [0.2, 0.25) is 0 Å². The van der Waals surface area contributed by atoms with E-state index in [-0.39, 0.29) is 0 Å². The topological polar surface area (TPSA) is 0 Å². The van der Waals surface area contributed by atoms with Crippen molar-refractivity contribution in [2.75, 3.05) is 0 Å². The Hall–Kier alpha value is -0.520. The molecule has 0 aromatic heterocycles. The normalized spacial score (nSPS) is 30.3. The Kier molecular flexibility index (Phi) is 1.85. The molecule has 0 radical (unpaired) electrons. The third kappa shape index (κ3) is 1.55. The fraction of sp³-hybridized carbons (Fsp3) is 0.636. The molecule has 0 heterocycles. The van der Waals surface area contributed by atoms with Crippen molar-refractivity contribution >= 4 is 0 Å². The van der Waals surface area contributed by atoms with E-state index in [9.17, 15) is 0 Å². The molecule has 1 unspecified atom stereocenters. The van der Waals surface area contributed by atoms with Crippen molar-refractivity contribution in [3.05, 3.63) is 23.8 Å². The lowest BCUT2D eigenvalue weighted by Crippen LogP contribution is -1.98. The average molecular weight is 148 g/mol. The van der Waals surface area contributed by atoms with Gasteiger partial charge in [0.15, 0.2) is 0 Å². The molecule has 0 aliphatic heterocycles. The van der Waals surface area contributed by atoms with E-state index < -0.39 is 0 Å². The second-order valence-corrected chi connectivity index (χ2v) is 3.74. The van der Waals surface area contributed by atoms with E-state index in [2.05, 4.69) is 25.2 Å². The molecule has 0 aromatic rings. The van der Waals surface area contributed by atoms with E-state index in [0.29, 0.717) is 0 Å². The Morgan fingerprint density at radius 3 is 2.73 bits per heavy atom. The first-order valence-corrected chi connectivity index (χ1v) is 4.78. The summed E-state index contributed by atoms with van der Waals surface area (Å²) < 4.78 is 0. The van der Waals surface area contributed by atoms with Crippen molar-refractivity contribution in [2.24, 2.45) is 11.8 Å². The average Bonchev–Trinajstić information content (AvgIpc) is 2.87. The molecule has 0 saturated heterocycles. The highest BCUT2D eigenvalue weighted by Gasteiger charge is 2.25. The third-order valence-electron chi connectivity index (χ3n) is 2.79. The van der Waals surface area contributed by atoms with Crippen LogP contribution in [0.25, 0.3) is 0 Å². The van der Waals surface area contributed by atoms with Crippen LogP contribution in [0.4, 0.5) is 0 Å². The standard InChI is InChI=1S/C11H16/c1-2-9-3-5-10(6-4-9)11-7-8-11/h3,5-6,9,11H,2,4,7-8H2,1H3. The number of rotatable bonds is 2. The van der Waals surface area contributed by atoms with E-state index >= 15 is 0 Å². The molecule has 1 fully saturated rings. The monoisotopic (exact) mass is 148 g/mol. The van der Waals surface area contributed by atoms with Gasteiger partial charge in [-0.05, 0) is 43.1 Å². The quantitative estimate of drug-likeness (QED) is 0.563. The van der Waals surface area contributed by atoms with Gasteiger partial charge in [-0.1, -0.05) is 25.2 Å². The molecule has 0 aromatic carbocycles. The fourth-order valence-corrected chi connectivity index (χ4v) is 1.70. The first kappa shape index (κ1) is 7.15. The van der Waals surface area contributed by atoms with Gasteiger partial charge in [0, 0.05) is 0 Å². The molecule has 11 heavy (non-hydrogen) atoms. The summed E-state index contributed by atoms with van der Waals surface area (Å²) >= 11 is 0. The lowest BCUT2D eigenvalue weighted by molar-refractivity contribution is 0.626. The molecular weight excluding hydrogens is 132 g/mol. The highest BCUT2D eigenvalue weighted by molar-refractivity contribution is 5.28. The molecule has 0 N–H and O–H groups in total. The summed E-state index contributed by atoms with van der Waals surface area (Å²) in [5.74, 6) is 1.78. The smallest absolute Gasteiger partial charge is 0.0165 e. The van der Waals surface area contributed by atoms with E-state index in [0.717, 1.165) is 11.8 Å². The van der Waals surface area contributed by atoms with Crippen LogP contribution in [0.15, 0.2) is 23.8 Å². The summed E-state index contributed by atoms with van der Waals surface area (Å²) in [5.41, 5.74) is 1.62. The van der Waals surface area contributed by atoms with Crippen molar-refractivity contribution in [3.63, 3.8) is 0 Å². The molecular formula is C11H16. The van der Waals surface area contributed by atoms with Crippen molar-refractivity contribution in [2.45, 2.75) is 32.6 Å². The van der Waals surface area contributed by atoms with Gasteiger partial charge in [0.25, 0.3) is 0 Å². The Bertz CT molecular complexity index is 194. The maximum absolute atomic E-state index is 2.45. The fourth-order valence-electron chi connectivity index (χ4n) is 1.70. The largest absolute Gasteiger partial charge is 0.0808 e.